The highest BCUT2D eigenvalue weighted by Gasteiger charge is 2.21. The van der Waals surface area contributed by atoms with Crippen LogP contribution in [0.3, 0.4) is 0 Å². The number of aryl methyl sites for hydroxylation is 1. The Morgan fingerprint density at radius 1 is 1.07 bits per heavy atom. The lowest BCUT2D eigenvalue weighted by Crippen LogP contribution is -2.23. The van der Waals surface area contributed by atoms with Gasteiger partial charge in [-0.15, -0.1) is 11.3 Å². The molecule has 1 heterocycles. The zero-order valence-electron chi connectivity index (χ0n) is 16.6. The molecule has 29 heavy (non-hydrogen) atoms. The molecule has 1 amide bonds. The minimum atomic E-state index is -0.400. The summed E-state index contributed by atoms with van der Waals surface area (Å²) in [6, 6.07) is 17.6. The van der Waals surface area contributed by atoms with Crippen LogP contribution in [0.1, 0.15) is 37.3 Å². The summed E-state index contributed by atoms with van der Waals surface area (Å²) in [6.07, 6.45) is 1.59. The van der Waals surface area contributed by atoms with Crippen molar-refractivity contribution in [2.75, 3.05) is 11.9 Å². The second-order valence-corrected chi connectivity index (χ2v) is 7.47. The van der Waals surface area contributed by atoms with Crippen LogP contribution in [0.5, 0.6) is 0 Å². The van der Waals surface area contributed by atoms with Crippen LogP contribution in [-0.4, -0.2) is 23.5 Å². The standard InChI is InChI=1S/C23H24N2O3S/c1-3-16-10-12-18(13-11-16)20-15-29-23(24-20)25-21(26)14-28-22(27)19(4-2)17-8-6-5-7-9-17/h5-13,15,19H,3-4,14H2,1-2H3,(H,24,25,26). The van der Waals surface area contributed by atoms with Crippen molar-refractivity contribution in [3.63, 3.8) is 0 Å². The van der Waals surface area contributed by atoms with Crippen LogP contribution in [0.15, 0.2) is 60.0 Å². The molecular formula is C23H24N2O3S. The third-order valence-corrected chi connectivity index (χ3v) is 5.41. The Bertz CT molecular complexity index is 952. The number of thiazole rings is 1. The Labute approximate surface area is 174 Å². The molecule has 1 N–H and O–H groups in total. The largest absolute Gasteiger partial charge is 0.455 e. The number of hydrogen-bond acceptors (Lipinski definition) is 5. The topological polar surface area (TPSA) is 68.3 Å². The van der Waals surface area contributed by atoms with E-state index in [2.05, 4.69) is 29.4 Å². The number of nitrogens with one attached hydrogen (secondary N) is 1. The molecule has 5 nitrogen and oxygen atoms in total. The number of rotatable bonds is 8. The van der Waals surface area contributed by atoms with Crippen LogP contribution in [0.2, 0.25) is 0 Å². The number of nitrogens with zero attached hydrogens (tertiary/aromatic N) is 1. The van der Waals surface area contributed by atoms with Crippen molar-refractivity contribution in [3.05, 3.63) is 71.1 Å². The van der Waals surface area contributed by atoms with Crippen LogP contribution in [0, 0.1) is 0 Å². The first-order valence-electron chi connectivity index (χ1n) is 9.67. The molecule has 2 aromatic carbocycles. The van der Waals surface area contributed by atoms with Gasteiger partial charge in [-0.3, -0.25) is 14.9 Å². The predicted octanol–water partition coefficient (Wildman–Crippen LogP) is 5.05. The number of esters is 1. The van der Waals surface area contributed by atoms with Gasteiger partial charge in [0.15, 0.2) is 11.7 Å². The molecular weight excluding hydrogens is 384 g/mol. The molecule has 0 spiro atoms. The lowest BCUT2D eigenvalue weighted by molar-refractivity contribution is -0.149. The molecule has 0 aliphatic heterocycles. The number of hydrogen-bond donors (Lipinski definition) is 1. The number of anilines is 1. The van der Waals surface area contributed by atoms with Crippen molar-refractivity contribution in [2.24, 2.45) is 0 Å². The minimum Gasteiger partial charge on any atom is -0.455 e. The molecule has 0 aliphatic rings. The molecule has 1 unspecified atom stereocenters. The van der Waals surface area contributed by atoms with Crippen molar-refractivity contribution < 1.29 is 14.3 Å². The van der Waals surface area contributed by atoms with Crippen LogP contribution in [0.4, 0.5) is 5.13 Å². The lowest BCUT2D eigenvalue weighted by Gasteiger charge is -2.14. The van der Waals surface area contributed by atoms with E-state index < -0.39 is 11.9 Å². The van der Waals surface area contributed by atoms with Crippen LogP contribution in [0.25, 0.3) is 11.3 Å². The van der Waals surface area contributed by atoms with Gasteiger partial charge in [0.05, 0.1) is 11.6 Å². The summed E-state index contributed by atoms with van der Waals surface area (Å²) in [4.78, 5) is 29.0. The molecule has 150 valence electrons. The average molecular weight is 409 g/mol. The van der Waals surface area contributed by atoms with Gasteiger partial charge in [-0.1, -0.05) is 68.4 Å². The monoisotopic (exact) mass is 408 g/mol. The Balaban J connectivity index is 1.54. The zero-order chi connectivity index (χ0) is 20.6. The molecule has 1 atom stereocenters. The highest BCUT2D eigenvalue weighted by molar-refractivity contribution is 7.14. The SMILES string of the molecule is CCc1ccc(-c2csc(NC(=O)COC(=O)C(CC)c3ccccc3)n2)cc1. The fraction of sp³-hybridized carbons (Fsp3) is 0.261. The maximum absolute atomic E-state index is 12.4. The van der Waals surface area contributed by atoms with E-state index in [9.17, 15) is 9.59 Å². The van der Waals surface area contributed by atoms with Gasteiger partial charge in [0.1, 0.15) is 0 Å². The van der Waals surface area contributed by atoms with E-state index in [4.69, 9.17) is 4.74 Å². The molecule has 0 saturated heterocycles. The summed E-state index contributed by atoms with van der Waals surface area (Å²) in [5.41, 5.74) is 3.96. The normalized spacial score (nSPS) is 11.7. The van der Waals surface area contributed by atoms with E-state index in [1.807, 2.05) is 54.8 Å². The van der Waals surface area contributed by atoms with Gasteiger partial charge in [0.2, 0.25) is 0 Å². The molecule has 0 aliphatic carbocycles. The smallest absolute Gasteiger partial charge is 0.313 e. The van der Waals surface area contributed by atoms with Gasteiger partial charge in [0, 0.05) is 10.9 Å². The summed E-state index contributed by atoms with van der Waals surface area (Å²) < 4.78 is 5.23. The summed E-state index contributed by atoms with van der Waals surface area (Å²) in [6.45, 7) is 3.70. The van der Waals surface area contributed by atoms with E-state index >= 15 is 0 Å². The minimum absolute atomic E-state index is 0.331. The Hall–Kier alpha value is -2.99. The lowest BCUT2D eigenvalue weighted by atomic mass is 9.97. The van der Waals surface area contributed by atoms with Crippen LogP contribution < -0.4 is 5.32 Å². The van der Waals surface area contributed by atoms with Gasteiger partial charge in [0.25, 0.3) is 5.91 Å². The Morgan fingerprint density at radius 2 is 1.79 bits per heavy atom. The molecule has 3 aromatic rings. The van der Waals surface area contributed by atoms with Crippen molar-refractivity contribution in [3.8, 4) is 11.3 Å². The second-order valence-electron chi connectivity index (χ2n) is 6.62. The second kappa shape index (κ2) is 9.98. The zero-order valence-corrected chi connectivity index (χ0v) is 17.4. The summed E-state index contributed by atoms with van der Waals surface area (Å²) in [5.74, 6) is -1.17. The van der Waals surface area contributed by atoms with Crippen LogP contribution >= 0.6 is 11.3 Å². The van der Waals surface area contributed by atoms with Crippen molar-refractivity contribution in [2.45, 2.75) is 32.6 Å². The van der Waals surface area contributed by atoms with Crippen molar-refractivity contribution >= 4 is 28.3 Å². The number of ether oxygens (including phenoxy) is 1. The summed E-state index contributed by atoms with van der Waals surface area (Å²) in [7, 11) is 0. The highest BCUT2D eigenvalue weighted by atomic mass is 32.1. The Kier molecular flexibility index (Phi) is 7.14. The summed E-state index contributed by atoms with van der Waals surface area (Å²) in [5, 5.41) is 5.07. The number of carbonyl (C=O) groups excluding carboxylic acids is 2. The van der Waals surface area contributed by atoms with Crippen molar-refractivity contribution in [1.29, 1.82) is 0 Å². The fourth-order valence-electron chi connectivity index (χ4n) is 2.99. The maximum Gasteiger partial charge on any atom is 0.313 e. The van der Waals surface area contributed by atoms with Gasteiger partial charge in [-0.2, -0.15) is 0 Å². The number of benzene rings is 2. The molecule has 0 fully saturated rings. The fourth-order valence-corrected chi connectivity index (χ4v) is 3.73. The number of carbonyl (C=O) groups is 2. The van der Waals surface area contributed by atoms with E-state index in [1.165, 1.54) is 16.9 Å². The molecule has 0 saturated carbocycles. The van der Waals surface area contributed by atoms with Crippen LogP contribution in [-0.2, 0) is 20.7 Å². The first-order valence-corrected chi connectivity index (χ1v) is 10.5. The Morgan fingerprint density at radius 3 is 2.45 bits per heavy atom. The molecule has 0 bridgehead atoms. The third kappa shape index (κ3) is 5.51. The van der Waals surface area contributed by atoms with E-state index in [0.717, 1.165) is 23.2 Å². The maximum atomic E-state index is 12.4. The number of aromatic nitrogens is 1. The van der Waals surface area contributed by atoms with Gasteiger partial charge in [-0.05, 0) is 24.0 Å². The van der Waals surface area contributed by atoms with Gasteiger partial charge in [-0.25, -0.2) is 4.98 Å². The molecule has 0 radical (unpaired) electrons. The first-order chi connectivity index (χ1) is 14.1. The first kappa shape index (κ1) is 20.7. The number of amides is 1. The average Bonchev–Trinajstić information content (AvgIpc) is 3.22. The third-order valence-electron chi connectivity index (χ3n) is 4.65. The molecule has 3 rings (SSSR count). The van der Waals surface area contributed by atoms with Gasteiger partial charge >= 0.3 is 5.97 Å². The molecule has 1 aromatic heterocycles. The van der Waals surface area contributed by atoms with Crippen molar-refractivity contribution in [1.82, 2.24) is 4.98 Å². The highest BCUT2D eigenvalue weighted by Crippen LogP contribution is 2.25. The van der Waals surface area contributed by atoms with Gasteiger partial charge < -0.3 is 4.74 Å². The quantitative estimate of drug-likeness (QED) is 0.530. The van der Waals surface area contributed by atoms with E-state index in [-0.39, 0.29) is 12.5 Å². The van der Waals surface area contributed by atoms with E-state index in [0.29, 0.717) is 11.6 Å². The van der Waals surface area contributed by atoms with E-state index in [1.54, 1.807) is 0 Å². The summed E-state index contributed by atoms with van der Waals surface area (Å²) >= 11 is 1.34. The molecule has 6 heteroatoms. The predicted molar refractivity (Wildman–Crippen MR) is 116 cm³/mol.